The van der Waals surface area contributed by atoms with Crippen molar-refractivity contribution < 1.29 is 0 Å². The number of hydrogen-bond acceptors (Lipinski definition) is 4. The molecule has 5 nitrogen and oxygen atoms in total. The Morgan fingerprint density at radius 2 is 1.94 bits per heavy atom. The van der Waals surface area contributed by atoms with Crippen LogP contribution in [0.5, 0.6) is 0 Å². The molecule has 3 heterocycles. The van der Waals surface area contributed by atoms with Crippen LogP contribution in [0.1, 0.15) is 19.8 Å². The van der Waals surface area contributed by atoms with Crippen LogP contribution in [0.3, 0.4) is 0 Å². The average Bonchev–Trinajstić information content (AvgIpc) is 3.10. The zero-order valence-electron chi connectivity index (χ0n) is 10.6. The first-order chi connectivity index (χ1) is 8.88. The first kappa shape index (κ1) is 11.2. The van der Waals surface area contributed by atoms with Gasteiger partial charge in [0, 0.05) is 25.8 Å². The van der Waals surface area contributed by atoms with Gasteiger partial charge in [0.25, 0.3) is 0 Å². The van der Waals surface area contributed by atoms with E-state index >= 15 is 0 Å². The highest BCUT2D eigenvalue weighted by molar-refractivity contribution is 5.55. The zero-order chi connectivity index (χ0) is 12.4. The Labute approximate surface area is 106 Å². The molecule has 0 bridgehead atoms. The summed E-state index contributed by atoms with van der Waals surface area (Å²) in [5.41, 5.74) is 1.91. The molecular formula is C13H17N5. The van der Waals surface area contributed by atoms with E-state index in [2.05, 4.69) is 33.2 Å². The minimum Gasteiger partial charge on any atom is -0.355 e. The van der Waals surface area contributed by atoms with Crippen LogP contribution in [-0.4, -0.2) is 33.1 Å². The summed E-state index contributed by atoms with van der Waals surface area (Å²) < 4.78 is 1.93. The summed E-state index contributed by atoms with van der Waals surface area (Å²) in [7, 11) is 0. The van der Waals surface area contributed by atoms with Gasteiger partial charge in [-0.25, -0.2) is 0 Å². The second kappa shape index (κ2) is 4.76. The van der Waals surface area contributed by atoms with Crippen LogP contribution < -0.4 is 4.90 Å². The van der Waals surface area contributed by atoms with Gasteiger partial charge in [-0.15, -0.1) is 10.2 Å². The lowest BCUT2D eigenvalue weighted by Gasteiger charge is -2.15. The number of hydrogen-bond donors (Lipinski definition) is 0. The topological polar surface area (TPSA) is 46.8 Å². The Morgan fingerprint density at radius 1 is 1.11 bits per heavy atom. The van der Waals surface area contributed by atoms with Crippen molar-refractivity contribution in [3.63, 3.8) is 0 Å². The van der Waals surface area contributed by atoms with Gasteiger partial charge >= 0.3 is 0 Å². The van der Waals surface area contributed by atoms with E-state index in [4.69, 9.17) is 0 Å². The number of rotatable bonds is 3. The molecule has 0 aromatic carbocycles. The molecule has 0 amide bonds. The molecular weight excluding hydrogens is 226 g/mol. The van der Waals surface area contributed by atoms with Gasteiger partial charge in [-0.05, 0) is 38.0 Å². The lowest BCUT2D eigenvalue weighted by molar-refractivity contribution is 0.664. The van der Waals surface area contributed by atoms with Crippen molar-refractivity contribution in [1.29, 1.82) is 0 Å². The van der Waals surface area contributed by atoms with Crippen LogP contribution in [0.2, 0.25) is 0 Å². The molecule has 0 radical (unpaired) electrons. The Balaban J connectivity index is 1.86. The minimum atomic E-state index is 0.845. The number of anilines is 1. The van der Waals surface area contributed by atoms with E-state index in [9.17, 15) is 0 Å². The first-order valence-electron chi connectivity index (χ1n) is 6.49. The van der Waals surface area contributed by atoms with Gasteiger partial charge in [0.05, 0.1) is 5.69 Å². The van der Waals surface area contributed by atoms with Gasteiger partial charge in [-0.1, -0.05) is 0 Å². The summed E-state index contributed by atoms with van der Waals surface area (Å²) in [5.74, 6) is 0.985. The molecule has 2 aromatic rings. The molecule has 1 fully saturated rings. The van der Waals surface area contributed by atoms with Crippen molar-refractivity contribution in [2.24, 2.45) is 0 Å². The molecule has 2 aromatic heterocycles. The normalized spacial score (nSPS) is 15.3. The Hall–Kier alpha value is -1.91. The fraction of sp³-hybridized carbons (Fsp3) is 0.462. The molecule has 1 saturated heterocycles. The van der Waals surface area contributed by atoms with Crippen molar-refractivity contribution in [3.8, 4) is 11.4 Å². The van der Waals surface area contributed by atoms with Crippen LogP contribution in [0.4, 0.5) is 5.82 Å². The summed E-state index contributed by atoms with van der Waals surface area (Å²) in [4.78, 5) is 2.29. The second-order valence-corrected chi connectivity index (χ2v) is 4.50. The summed E-state index contributed by atoms with van der Waals surface area (Å²) in [6.45, 7) is 5.11. The highest BCUT2D eigenvalue weighted by Gasteiger charge is 2.14. The molecule has 3 rings (SSSR count). The molecule has 94 valence electrons. The van der Waals surface area contributed by atoms with Crippen molar-refractivity contribution in [3.05, 3.63) is 24.4 Å². The second-order valence-electron chi connectivity index (χ2n) is 4.50. The third-order valence-corrected chi connectivity index (χ3v) is 3.36. The van der Waals surface area contributed by atoms with Crippen LogP contribution in [0.25, 0.3) is 11.4 Å². The van der Waals surface area contributed by atoms with Crippen molar-refractivity contribution in [1.82, 2.24) is 20.0 Å². The van der Waals surface area contributed by atoms with E-state index in [-0.39, 0.29) is 0 Å². The van der Waals surface area contributed by atoms with Crippen LogP contribution >= 0.6 is 0 Å². The fourth-order valence-corrected chi connectivity index (χ4v) is 2.38. The van der Waals surface area contributed by atoms with Crippen LogP contribution in [-0.2, 0) is 6.54 Å². The highest BCUT2D eigenvalue weighted by Crippen LogP contribution is 2.20. The van der Waals surface area contributed by atoms with Crippen molar-refractivity contribution in [2.75, 3.05) is 18.0 Å². The predicted molar refractivity (Wildman–Crippen MR) is 70.4 cm³/mol. The van der Waals surface area contributed by atoms with E-state index in [1.54, 1.807) is 6.20 Å². The smallest absolute Gasteiger partial charge is 0.151 e. The molecule has 18 heavy (non-hydrogen) atoms. The van der Waals surface area contributed by atoms with E-state index in [1.165, 1.54) is 12.8 Å². The third kappa shape index (κ3) is 1.96. The monoisotopic (exact) mass is 243 g/mol. The van der Waals surface area contributed by atoms with Gasteiger partial charge in [0.2, 0.25) is 0 Å². The molecule has 5 heteroatoms. The van der Waals surface area contributed by atoms with E-state index < -0.39 is 0 Å². The van der Waals surface area contributed by atoms with Crippen molar-refractivity contribution in [2.45, 2.75) is 26.3 Å². The predicted octanol–water partition coefficient (Wildman–Crippen LogP) is 1.96. The third-order valence-electron chi connectivity index (χ3n) is 3.36. The van der Waals surface area contributed by atoms with E-state index in [0.717, 1.165) is 36.8 Å². The number of aryl methyl sites for hydroxylation is 1. The first-order valence-corrected chi connectivity index (χ1v) is 6.49. The zero-order valence-corrected chi connectivity index (χ0v) is 10.6. The van der Waals surface area contributed by atoms with E-state index in [0.29, 0.717) is 0 Å². The Kier molecular flexibility index (Phi) is 2.96. The fourth-order valence-electron chi connectivity index (χ4n) is 2.38. The maximum absolute atomic E-state index is 4.33. The maximum atomic E-state index is 4.33. The van der Waals surface area contributed by atoms with Gasteiger partial charge in [-0.2, -0.15) is 5.10 Å². The molecule has 0 saturated carbocycles. The minimum absolute atomic E-state index is 0.845. The van der Waals surface area contributed by atoms with Crippen molar-refractivity contribution >= 4 is 5.82 Å². The number of aromatic nitrogens is 4. The summed E-state index contributed by atoms with van der Waals surface area (Å²) in [5, 5.41) is 12.9. The molecule has 0 atom stereocenters. The molecule has 1 aliphatic rings. The molecule has 0 spiro atoms. The SMILES string of the molecule is CCn1nccc1-c1ccc(N2CCCC2)nn1. The standard InChI is InChI=1S/C13H17N5/c1-2-18-12(7-8-14-18)11-5-6-13(16-15-11)17-9-3-4-10-17/h5-8H,2-4,9-10H2,1H3. The summed E-state index contributed by atoms with van der Waals surface area (Å²) in [6, 6.07) is 6.06. The highest BCUT2D eigenvalue weighted by atomic mass is 15.3. The van der Waals surface area contributed by atoms with Crippen LogP contribution in [0, 0.1) is 0 Å². The molecule has 0 N–H and O–H groups in total. The quantitative estimate of drug-likeness (QED) is 0.826. The average molecular weight is 243 g/mol. The van der Waals surface area contributed by atoms with Gasteiger partial charge in [0.1, 0.15) is 5.69 Å². The lowest BCUT2D eigenvalue weighted by Crippen LogP contribution is -2.19. The van der Waals surface area contributed by atoms with Crippen LogP contribution in [0.15, 0.2) is 24.4 Å². The Bertz CT molecular complexity index is 510. The largest absolute Gasteiger partial charge is 0.355 e. The molecule has 0 unspecified atom stereocenters. The number of nitrogens with zero attached hydrogens (tertiary/aromatic N) is 5. The van der Waals surface area contributed by atoms with Gasteiger partial charge in [0.15, 0.2) is 5.82 Å². The summed E-state index contributed by atoms with van der Waals surface area (Å²) in [6.07, 6.45) is 4.31. The van der Waals surface area contributed by atoms with E-state index in [1.807, 2.05) is 16.8 Å². The molecule has 1 aliphatic heterocycles. The van der Waals surface area contributed by atoms with Gasteiger partial charge < -0.3 is 4.90 Å². The Morgan fingerprint density at radius 3 is 2.61 bits per heavy atom. The summed E-state index contributed by atoms with van der Waals surface area (Å²) >= 11 is 0. The lowest BCUT2D eigenvalue weighted by atomic mass is 10.3. The molecule has 0 aliphatic carbocycles. The van der Waals surface area contributed by atoms with Gasteiger partial charge in [-0.3, -0.25) is 4.68 Å². The maximum Gasteiger partial charge on any atom is 0.151 e.